The van der Waals surface area contributed by atoms with Gasteiger partial charge in [0.1, 0.15) is 0 Å². The van der Waals surface area contributed by atoms with Crippen LogP contribution in [-0.2, 0) is 20.8 Å². The molecule has 0 saturated heterocycles. The Labute approximate surface area is 128 Å². The molecule has 2 rings (SSSR count). The van der Waals surface area contributed by atoms with E-state index in [1.807, 2.05) is 0 Å². The average molecular weight is 305 g/mol. The maximum Gasteiger partial charge on any atom is 0.260 e. The molecule has 7 heteroatoms. The molecule has 0 unspecified atom stereocenters. The molecule has 7 nitrogen and oxygen atoms in total. The van der Waals surface area contributed by atoms with Crippen molar-refractivity contribution in [1.29, 1.82) is 0 Å². The quantitative estimate of drug-likeness (QED) is 0.587. The van der Waals surface area contributed by atoms with Crippen molar-refractivity contribution in [3.8, 4) is 0 Å². The highest BCUT2D eigenvalue weighted by Gasteiger charge is 2.31. The fourth-order valence-corrected chi connectivity index (χ4v) is 2.39. The van der Waals surface area contributed by atoms with Crippen LogP contribution < -0.4 is 5.73 Å². The molecule has 0 radical (unpaired) electrons. The number of imide groups is 1. The second-order valence-electron chi connectivity index (χ2n) is 4.90. The van der Waals surface area contributed by atoms with E-state index in [2.05, 4.69) is 0 Å². The summed E-state index contributed by atoms with van der Waals surface area (Å²) < 4.78 is 0. The first kappa shape index (κ1) is 16.1. The summed E-state index contributed by atoms with van der Waals surface area (Å²) in [6.07, 6.45) is 0.181. The lowest BCUT2D eigenvalue weighted by Gasteiger charge is -2.27. The first-order valence-corrected chi connectivity index (χ1v) is 7.05. The molecule has 1 aromatic carbocycles. The average Bonchev–Trinajstić information content (AvgIpc) is 2.52. The van der Waals surface area contributed by atoms with Gasteiger partial charge in [-0.1, -0.05) is 18.2 Å². The highest BCUT2D eigenvalue weighted by atomic mass is 16.7. The third-order valence-corrected chi connectivity index (χ3v) is 3.52. The molecular weight excluding hydrogens is 286 g/mol. The Balaban J connectivity index is 2.03. The number of benzene rings is 1. The van der Waals surface area contributed by atoms with Crippen LogP contribution in [-0.4, -0.2) is 54.4 Å². The summed E-state index contributed by atoms with van der Waals surface area (Å²) in [6, 6.07) is 7.00. The fourth-order valence-electron chi connectivity index (χ4n) is 2.39. The molecule has 3 amide bonds. The number of nitrogens with zero attached hydrogens (tertiary/aromatic N) is 2. The highest BCUT2D eigenvalue weighted by molar-refractivity contribution is 6.09. The van der Waals surface area contributed by atoms with Gasteiger partial charge >= 0.3 is 0 Å². The molecule has 118 valence electrons. The Kier molecular flexibility index (Phi) is 5.24. The van der Waals surface area contributed by atoms with Crippen molar-refractivity contribution in [3.63, 3.8) is 0 Å². The van der Waals surface area contributed by atoms with Crippen LogP contribution in [0.25, 0.3) is 0 Å². The number of hydroxylamine groups is 2. The molecule has 0 fully saturated rings. The predicted molar refractivity (Wildman–Crippen MR) is 78.6 cm³/mol. The number of rotatable bonds is 6. The van der Waals surface area contributed by atoms with Gasteiger partial charge in [-0.15, -0.1) is 0 Å². The zero-order chi connectivity index (χ0) is 16.1. The van der Waals surface area contributed by atoms with Gasteiger partial charge in [0, 0.05) is 25.1 Å². The van der Waals surface area contributed by atoms with Crippen LogP contribution in [0.2, 0.25) is 0 Å². The maximum absolute atomic E-state index is 12.3. The first-order valence-electron chi connectivity index (χ1n) is 7.05. The van der Waals surface area contributed by atoms with E-state index in [1.165, 1.54) is 7.11 Å². The Morgan fingerprint density at radius 1 is 1.36 bits per heavy atom. The van der Waals surface area contributed by atoms with Gasteiger partial charge in [0.25, 0.3) is 5.91 Å². The van der Waals surface area contributed by atoms with Crippen LogP contribution in [0, 0.1) is 0 Å². The topological polar surface area (TPSA) is 92.9 Å². The van der Waals surface area contributed by atoms with Gasteiger partial charge in [0.05, 0.1) is 20.1 Å². The lowest BCUT2D eigenvalue weighted by atomic mass is 9.98. The summed E-state index contributed by atoms with van der Waals surface area (Å²) in [5.74, 6) is -0.964. The summed E-state index contributed by atoms with van der Waals surface area (Å²) >= 11 is 0. The number of amides is 3. The Morgan fingerprint density at radius 3 is 2.77 bits per heavy atom. The molecule has 1 aliphatic rings. The standard InChI is InChI=1S/C15H19N3O4/c1-22-18(9-7-16)13(19)6-8-17-14(20)10-11-4-2-3-5-12(11)15(17)21/h2-5H,6-10,16H2,1H3. The van der Waals surface area contributed by atoms with Crippen LogP contribution in [0.4, 0.5) is 0 Å². The van der Waals surface area contributed by atoms with Gasteiger partial charge in [-0.3, -0.25) is 24.1 Å². The lowest BCUT2D eigenvalue weighted by Crippen LogP contribution is -2.44. The Hall–Kier alpha value is -2.25. The van der Waals surface area contributed by atoms with Gasteiger partial charge in [-0.2, -0.15) is 0 Å². The highest BCUT2D eigenvalue weighted by Crippen LogP contribution is 2.19. The second kappa shape index (κ2) is 7.15. The van der Waals surface area contributed by atoms with E-state index >= 15 is 0 Å². The molecule has 0 aromatic heterocycles. The lowest BCUT2D eigenvalue weighted by molar-refractivity contribution is -0.175. The summed E-state index contributed by atoms with van der Waals surface area (Å²) in [4.78, 5) is 42.4. The minimum atomic E-state index is -0.359. The molecule has 0 aliphatic carbocycles. The smallest absolute Gasteiger partial charge is 0.260 e. The van der Waals surface area contributed by atoms with Crippen molar-refractivity contribution >= 4 is 17.7 Å². The SMILES string of the molecule is CON(CCN)C(=O)CCN1C(=O)Cc2ccccc2C1=O. The van der Waals surface area contributed by atoms with Crippen molar-refractivity contribution in [3.05, 3.63) is 35.4 Å². The van der Waals surface area contributed by atoms with E-state index in [0.29, 0.717) is 5.56 Å². The zero-order valence-corrected chi connectivity index (χ0v) is 12.4. The fraction of sp³-hybridized carbons (Fsp3) is 0.400. The zero-order valence-electron chi connectivity index (χ0n) is 12.4. The van der Waals surface area contributed by atoms with Gasteiger partial charge in [-0.25, -0.2) is 5.06 Å². The molecule has 0 saturated carbocycles. The van der Waals surface area contributed by atoms with Crippen LogP contribution in [0.15, 0.2) is 24.3 Å². The van der Waals surface area contributed by atoms with Crippen molar-refractivity contribution < 1.29 is 19.2 Å². The van der Waals surface area contributed by atoms with Crippen LogP contribution in [0.1, 0.15) is 22.3 Å². The summed E-state index contributed by atoms with van der Waals surface area (Å²) in [5, 5.41) is 1.13. The van der Waals surface area contributed by atoms with Gasteiger partial charge < -0.3 is 5.73 Å². The minimum Gasteiger partial charge on any atom is -0.329 e. The van der Waals surface area contributed by atoms with Crippen molar-refractivity contribution in [2.45, 2.75) is 12.8 Å². The predicted octanol–water partition coefficient (Wildman–Crippen LogP) is -0.0497. The molecular formula is C15H19N3O4. The van der Waals surface area contributed by atoms with E-state index in [0.717, 1.165) is 15.5 Å². The molecule has 1 aromatic rings. The summed E-state index contributed by atoms with van der Waals surface area (Å²) in [5.41, 5.74) is 6.62. The van der Waals surface area contributed by atoms with Crippen molar-refractivity contribution in [2.75, 3.05) is 26.7 Å². The molecule has 22 heavy (non-hydrogen) atoms. The minimum absolute atomic E-state index is 0.00743. The number of fused-ring (bicyclic) bond motifs is 1. The summed E-state index contributed by atoms with van der Waals surface area (Å²) in [7, 11) is 1.38. The van der Waals surface area contributed by atoms with E-state index < -0.39 is 0 Å². The van der Waals surface area contributed by atoms with E-state index in [-0.39, 0.29) is 50.2 Å². The van der Waals surface area contributed by atoms with Gasteiger partial charge in [0.15, 0.2) is 0 Å². The maximum atomic E-state index is 12.3. The summed E-state index contributed by atoms with van der Waals surface area (Å²) in [6.45, 7) is 0.573. The first-order chi connectivity index (χ1) is 10.6. The normalized spacial score (nSPS) is 14.0. The number of hydrogen-bond donors (Lipinski definition) is 1. The van der Waals surface area contributed by atoms with Gasteiger partial charge in [0.2, 0.25) is 11.8 Å². The molecule has 0 atom stereocenters. The van der Waals surface area contributed by atoms with E-state index in [4.69, 9.17) is 10.6 Å². The Morgan fingerprint density at radius 2 is 2.09 bits per heavy atom. The van der Waals surface area contributed by atoms with Crippen LogP contribution in [0.3, 0.4) is 0 Å². The number of nitrogens with two attached hydrogens (primary N) is 1. The third kappa shape index (κ3) is 3.32. The molecule has 2 N–H and O–H groups in total. The molecule has 1 heterocycles. The second-order valence-corrected chi connectivity index (χ2v) is 4.90. The third-order valence-electron chi connectivity index (χ3n) is 3.52. The number of carbonyl (C=O) groups is 3. The monoisotopic (exact) mass is 305 g/mol. The number of hydrogen-bond acceptors (Lipinski definition) is 5. The van der Waals surface area contributed by atoms with E-state index in [9.17, 15) is 14.4 Å². The Bertz CT molecular complexity index is 588. The van der Waals surface area contributed by atoms with Crippen molar-refractivity contribution in [2.24, 2.45) is 5.73 Å². The number of carbonyl (C=O) groups excluding carboxylic acids is 3. The van der Waals surface area contributed by atoms with Crippen molar-refractivity contribution in [1.82, 2.24) is 9.96 Å². The van der Waals surface area contributed by atoms with Crippen LogP contribution in [0.5, 0.6) is 0 Å². The van der Waals surface area contributed by atoms with Gasteiger partial charge in [-0.05, 0) is 11.6 Å². The molecule has 0 spiro atoms. The largest absolute Gasteiger partial charge is 0.329 e. The van der Waals surface area contributed by atoms with E-state index in [1.54, 1.807) is 24.3 Å². The van der Waals surface area contributed by atoms with Crippen LogP contribution >= 0.6 is 0 Å². The molecule has 0 bridgehead atoms. The molecule has 1 aliphatic heterocycles.